The van der Waals surface area contributed by atoms with Crippen molar-refractivity contribution in [1.29, 1.82) is 0 Å². The average molecular weight is 232 g/mol. The molecular weight excluding hydrogens is 222 g/mol. The zero-order valence-electron chi connectivity index (χ0n) is 7.99. The van der Waals surface area contributed by atoms with E-state index >= 15 is 0 Å². The molecule has 1 amide bonds. The fraction of sp³-hybridized carbons (Fsp3) is 0.333. The van der Waals surface area contributed by atoms with E-state index in [-0.39, 0.29) is 17.2 Å². The second kappa shape index (κ2) is 4.84. The fourth-order valence-corrected chi connectivity index (χ4v) is 1.24. The molecule has 0 fully saturated rings. The van der Waals surface area contributed by atoms with Crippen LogP contribution < -0.4 is 5.32 Å². The minimum absolute atomic E-state index is 0.00564. The Morgan fingerprint density at radius 3 is 2.80 bits per heavy atom. The predicted octanol–water partition coefficient (Wildman–Crippen LogP) is 1.53. The second-order valence-corrected chi connectivity index (χ2v) is 3.48. The summed E-state index contributed by atoms with van der Waals surface area (Å²) in [6.07, 6.45) is 1.14. The van der Waals surface area contributed by atoms with Crippen LogP contribution in [0.2, 0.25) is 5.02 Å². The van der Waals surface area contributed by atoms with Gasteiger partial charge >= 0.3 is 5.97 Å². The Balaban J connectivity index is 2.56. The van der Waals surface area contributed by atoms with Gasteiger partial charge in [0.15, 0.2) is 0 Å². The zero-order chi connectivity index (χ0) is 11.4. The van der Waals surface area contributed by atoms with Gasteiger partial charge < -0.3 is 14.8 Å². The quantitative estimate of drug-likeness (QED) is 0.824. The van der Waals surface area contributed by atoms with Gasteiger partial charge in [-0.25, -0.2) is 0 Å². The summed E-state index contributed by atoms with van der Waals surface area (Å²) >= 11 is 5.65. The van der Waals surface area contributed by atoms with E-state index in [1.165, 1.54) is 12.3 Å². The van der Waals surface area contributed by atoms with E-state index in [1.807, 2.05) is 0 Å². The molecule has 0 radical (unpaired) electrons. The summed E-state index contributed by atoms with van der Waals surface area (Å²) in [4.78, 5) is 21.8. The smallest absolute Gasteiger partial charge is 0.305 e. The molecule has 1 atom stereocenters. The van der Waals surface area contributed by atoms with E-state index in [2.05, 4.69) is 5.32 Å². The molecule has 1 aromatic heterocycles. The highest BCUT2D eigenvalue weighted by Crippen LogP contribution is 2.16. The van der Waals surface area contributed by atoms with Crippen LogP contribution >= 0.6 is 11.6 Å². The van der Waals surface area contributed by atoms with Crippen LogP contribution in [0.3, 0.4) is 0 Å². The maximum absolute atomic E-state index is 11.4. The number of carboxylic acid groups (broad SMARTS) is 1. The minimum Gasteiger partial charge on any atom is -0.481 e. The number of carbonyl (C=O) groups excluding carboxylic acids is 1. The SMILES string of the molecule is CC(CC(=O)O)NC(=O)c1occc1Cl. The first-order valence-electron chi connectivity index (χ1n) is 4.26. The molecule has 0 spiro atoms. The normalized spacial score (nSPS) is 12.1. The molecule has 0 saturated heterocycles. The third-order valence-corrected chi connectivity index (χ3v) is 1.98. The summed E-state index contributed by atoms with van der Waals surface area (Å²) in [6.45, 7) is 1.59. The Kier molecular flexibility index (Phi) is 3.74. The molecule has 82 valence electrons. The van der Waals surface area contributed by atoms with Crippen LogP contribution in [0.15, 0.2) is 16.7 Å². The van der Waals surface area contributed by atoms with E-state index in [9.17, 15) is 9.59 Å². The molecular formula is C9H10ClNO4. The Hall–Kier alpha value is -1.49. The van der Waals surface area contributed by atoms with E-state index in [0.717, 1.165) is 0 Å². The number of carboxylic acids is 1. The molecule has 15 heavy (non-hydrogen) atoms. The predicted molar refractivity (Wildman–Crippen MR) is 52.9 cm³/mol. The molecule has 1 rings (SSSR count). The van der Waals surface area contributed by atoms with Crippen LogP contribution in [0.25, 0.3) is 0 Å². The van der Waals surface area contributed by atoms with Gasteiger partial charge in [0.05, 0.1) is 17.7 Å². The second-order valence-electron chi connectivity index (χ2n) is 3.07. The summed E-state index contributed by atoms with van der Waals surface area (Å²) < 4.78 is 4.84. The maximum Gasteiger partial charge on any atom is 0.305 e. The minimum atomic E-state index is -0.978. The van der Waals surface area contributed by atoms with E-state index in [4.69, 9.17) is 21.1 Å². The highest BCUT2D eigenvalue weighted by Gasteiger charge is 2.17. The van der Waals surface area contributed by atoms with Crippen molar-refractivity contribution in [2.24, 2.45) is 0 Å². The first kappa shape index (κ1) is 11.6. The molecule has 1 aromatic rings. The number of nitrogens with one attached hydrogen (secondary N) is 1. The van der Waals surface area contributed by atoms with Crippen LogP contribution in [0.4, 0.5) is 0 Å². The van der Waals surface area contributed by atoms with Crippen LogP contribution in [0.5, 0.6) is 0 Å². The molecule has 2 N–H and O–H groups in total. The lowest BCUT2D eigenvalue weighted by Crippen LogP contribution is -2.34. The van der Waals surface area contributed by atoms with Gasteiger partial charge in [0.2, 0.25) is 5.76 Å². The zero-order valence-corrected chi connectivity index (χ0v) is 8.75. The summed E-state index contributed by atoms with van der Waals surface area (Å²) in [7, 11) is 0. The molecule has 0 aliphatic heterocycles. The Morgan fingerprint density at radius 1 is 1.67 bits per heavy atom. The van der Waals surface area contributed by atoms with Gasteiger partial charge in [-0.15, -0.1) is 0 Å². The van der Waals surface area contributed by atoms with Gasteiger partial charge in [0.25, 0.3) is 5.91 Å². The van der Waals surface area contributed by atoms with Crippen LogP contribution in [-0.2, 0) is 4.79 Å². The van der Waals surface area contributed by atoms with Gasteiger partial charge in [0, 0.05) is 6.04 Å². The van der Waals surface area contributed by atoms with Gasteiger partial charge in [-0.2, -0.15) is 0 Å². The molecule has 5 nitrogen and oxygen atoms in total. The number of carbonyl (C=O) groups is 2. The first-order valence-corrected chi connectivity index (χ1v) is 4.64. The standard InChI is InChI=1S/C9H10ClNO4/c1-5(4-7(12)13)11-9(14)8-6(10)2-3-15-8/h2-3,5H,4H2,1H3,(H,11,14)(H,12,13). The number of aliphatic carboxylic acids is 1. The molecule has 1 unspecified atom stereocenters. The van der Waals surface area contributed by atoms with Crippen molar-refractivity contribution < 1.29 is 19.1 Å². The van der Waals surface area contributed by atoms with E-state index < -0.39 is 17.9 Å². The third-order valence-electron chi connectivity index (χ3n) is 1.68. The van der Waals surface area contributed by atoms with Crippen LogP contribution in [0.1, 0.15) is 23.9 Å². The number of hydrogen-bond donors (Lipinski definition) is 2. The molecule has 0 aliphatic rings. The lowest BCUT2D eigenvalue weighted by molar-refractivity contribution is -0.137. The van der Waals surface area contributed by atoms with Gasteiger partial charge in [0.1, 0.15) is 0 Å². The van der Waals surface area contributed by atoms with Crippen molar-refractivity contribution in [3.8, 4) is 0 Å². The Bertz CT molecular complexity index is 374. The summed E-state index contributed by atoms with van der Waals surface area (Å²) in [5, 5.41) is 11.1. The Labute approximate surface area is 91.0 Å². The van der Waals surface area contributed by atoms with Crippen molar-refractivity contribution in [3.05, 3.63) is 23.1 Å². The third kappa shape index (κ3) is 3.28. The topological polar surface area (TPSA) is 79.5 Å². The van der Waals surface area contributed by atoms with Crippen molar-refractivity contribution >= 4 is 23.5 Å². The summed E-state index contributed by atoms with van der Waals surface area (Å²) in [5.74, 6) is -1.50. The fourth-order valence-electron chi connectivity index (χ4n) is 1.06. The van der Waals surface area contributed by atoms with Crippen LogP contribution in [-0.4, -0.2) is 23.0 Å². The van der Waals surface area contributed by atoms with E-state index in [0.29, 0.717) is 0 Å². The molecule has 0 aliphatic carbocycles. The average Bonchev–Trinajstić information content (AvgIpc) is 2.49. The lowest BCUT2D eigenvalue weighted by Gasteiger charge is -2.09. The number of amides is 1. The highest BCUT2D eigenvalue weighted by molar-refractivity contribution is 6.33. The molecule has 1 heterocycles. The summed E-state index contributed by atoms with van der Waals surface area (Å²) in [5.41, 5.74) is 0. The largest absolute Gasteiger partial charge is 0.481 e. The van der Waals surface area contributed by atoms with Crippen molar-refractivity contribution in [3.63, 3.8) is 0 Å². The number of halogens is 1. The number of rotatable bonds is 4. The highest BCUT2D eigenvalue weighted by atomic mass is 35.5. The van der Waals surface area contributed by atoms with Crippen molar-refractivity contribution in [1.82, 2.24) is 5.32 Å². The number of hydrogen-bond acceptors (Lipinski definition) is 3. The maximum atomic E-state index is 11.4. The molecule has 6 heteroatoms. The molecule has 0 saturated carbocycles. The van der Waals surface area contributed by atoms with Crippen molar-refractivity contribution in [2.75, 3.05) is 0 Å². The molecule has 0 aromatic carbocycles. The monoisotopic (exact) mass is 231 g/mol. The van der Waals surface area contributed by atoms with Gasteiger partial charge in [-0.1, -0.05) is 11.6 Å². The van der Waals surface area contributed by atoms with Crippen molar-refractivity contribution in [2.45, 2.75) is 19.4 Å². The lowest BCUT2D eigenvalue weighted by atomic mass is 10.2. The summed E-state index contributed by atoms with van der Waals surface area (Å²) in [6, 6.07) is 0.967. The van der Waals surface area contributed by atoms with Gasteiger partial charge in [-0.3, -0.25) is 9.59 Å². The number of furan rings is 1. The van der Waals surface area contributed by atoms with Gasteiger partial charge in [-0.05, 0) is 13.0 Å². The first-order chi connectivity index (χ1) is 7.00. The molecule has 0 bridgehead atoms. The van der Waals surface area contributed by atoms with E-state index in [1.54, 1.807) is 6.92 Å². The van der Waals surface area contributed by atoms with Crippen LogP contribution in [0, 0.1) is 0 Å². The Morgan fingerprint density at radius 2 is 2.33 bits per heavy atom.